The second-order valence-corrected chi connectivity index (χ2v) is 6.33. The van der Waals surface area contributed by atoms with E-state index in [1.54, 1.807) is 0 Å². The molecule has 0 radical (unpaired) electrons. The van der Waals surface area contributed by atoms with E-state index in [1.807, 2.05) is 0 Å². The van der Waals surface area contributed by atoms with Gasteiger partial charge in [-0.2, -0.15) is 0 Å². The van der Waals surface area contributed by atoms with Gasteiger partial charge in [-0.15, -0.1) is 0 Å². The lowest BCUT2D eigenvalue weighted by Crippen LogP contribution is -2.27. The third-order valence-corrected chi connectivity index (χ3v) is 4.16. The molecule has 1 aliphatic carbocycles. The van der Waals surface area contributed by atoms with E-state index in [1.165, 1.54) is 35.8 Å². The van der Waals surface area contributed by atoms with Crippen LogP contribution in [0.15, 0.2) is 28.7 Å². The van der Waals surface area contributed by atoms with Crippen LogP contribution in [0, 0.1) is 5.92 Å². The lowest BCUT2D eigenvalue weighted by molar-refractivity contribution is 0.239. The minimum atomic E-state index is 0.801. The Balaban J connectivity index is 1.95. The molecule has 1 nitrogen and oxygen atoms in total. The second-order valence-electron chi connectivity index (χ2n) is 5.48. The Labute approximate surface area is 113 Å². The Morgan fingerprint density at radius 3 is 2.59 bits per heavy atom. The first-order valence-corrected chi connectivity index (χ1v) is 7.43. The Bertz CT molecular complexity index is 358. The van der Waals surface area contributed by atoms with Crippen molar-refractivity contribution in [3.8, 4) is 0 Å². The van der Waals surface area contributed by atoms with Crippen molar-refractivity contribution in [1.82, 2.24) is 4.90 Å². The third kappa shape index (κ3) is 4.11. The zero-order valence-corrected chi connectivity index (χ0v) is 12.4. The molecule has 1 aliphatic rings. The van der Waals surface area contributed by atoms with Gasteiger partial charge in [-0.1, -0.05) is 48.0 Å². The van der Waals surface area contributed by atoms with Gasteiger partial charge in [-0.25, -0.2) is 0 Å². The molecule has 94 valence electrons. The minimum Gasteiger partial charge on any atom is -0.296 e. The number of halogens is 1. The summed E-state index contributed by atoms with van der Waals surface area (Å²) in [7, 11) is 0. The summed E-state index contributed by atoms with van der Waals surface area (Å²) >= 11 is 3.65. The first-order valence-electron chi connectivity index (χ1n) is 6.64. The smallest absolute Gasteiger partial charge is 0.0247 e. The van der Waals surface area contributed by atoms with Crippen molar-refractivity contribution in [2.45, 2.75) is 45.7 Å². The van der Waals surface area contributed by atoms with Gasteiger partial charge in [0.15, 0.2) is 0 Å². The zero-order chi connectivity index (χ0) is 12.3. The highest BCUT2D eigenvalue weighted by Gasteiger charge is 2.28. The van der Waals surface area contributed by atoms with Crippen LogP contribution < -0.4 is 0 Å². The fraction of sp³-hybridized carbons (Fsp3) is 0.600. The molecule has 2 rings (SSSR count). The number of hydrogen-bond acceptors (Lipinski definition) is 1. The second kappa shape index (κ2) is 6.01. The maximum Gasteiger partial charge on any atom is 0.0247 e. The highest BCUT2D eigenvalue weighted by molar-refractivity contribution is 9.10. The van der Waals surface area contributed by atoms with Crippen LogP contribution in [0.25, 0.3) is 0 Å². The van der Waals surface area contributed by atoms with Crippen LogP contribution in [0.4, 0.5) is 0 Å². The molecule has 0 unspecified atom stereocenters. The largest absolute Gasteiger partial charge is 0.296 e. The summed E-state index contributed by atoms with van der Waals surface area (Å²) in [6.07, 6.45) is 4.09. The molecule has 0 saturated heterocycles. The van der Waals surface area contributed by atoms with Crippen LogP contribution in [0.1, 0.15) is 38.7 Å². The summed E-state index contributed by atoms with van der Waals surface area (Å²) in [5.74, 6) is 0.801. The molecule has 1 aromatic carbocycles. The summed E-state index contributed by atoms with van der Waals surface area (Å²) in [5.41, 5.74) is 1.42. The fourth-order valence-corrected chi connectivity index (χ4v) is 2.51. The molecule has 0 aliphatic heterocycles. The first-order chi connectivity index (χ1) is 8.16. The standard InChI is InChI=1S/C15H22BrN/c1-12(2)9-10-17(14-7-8-14)11-13-5-3-4-6-15(13)16/h3-6,12,14H,7-11H2,1-2H3. The Kier molecular flexibility index (Phi) is 4.63. The van der Waals surface area contributed by atoms with Gasteiger partial charge in [-0.05, 0) is 43.4 Å². The van der Waals surface area contributed by atoms with Crippen molar-refractivity contribution in [2.24, 2.45) is 5.92 Å². The van der Waals surface area contributed by atoms with Gasteiger partial charge >= 0.3 is 0 Å². The first kappa shape index (κ1) is 13.1. The molecule has 0 heterocycles. The minimum absolute atomic E-state index is 0.801. The quantitative estimate of drug-likeness (QED) is 0.749. The van der Waals surface area contributed by atoms with Crippen LogP contribution in [0.5, 0.6) is 0 Å². The summed E-state index contributed by atoms with van der Waals surface area (Å²) in [4.78, 5) is 2.65. The van der Waals surface area contributed by atoms with Gasteiger partial charge in [0.25, 0.3) is 0 Å². The Morgan fingerprint density at radius 1 is 1.29 bits per heavy atom. The van der Waals surface area contributed by atoms with Gasteiger partial charge in [0.1, 0.15) is 0 Å². The van der Waals surface area contributed by atoms with E-state index in [0.717, 1.165) is 18.5 Å². The van der Waals surface area contributed by atoms with E-state index >= 15 is 0 Å². The van der Waals surface area contributed by atoms with Crippen molar-refractivity contribution < 1.29 is 0 Å². The average Bonchev–Trinajstić information content (AvgIpc) is 3.10. The summed E-state index contributed by atoms with van der Waals surface area (Å²) in [6.45, 7) is 6.95. The van der Waals surface area contributed by atoms with Crippen LogP contribution in [0.3, 0.4) is 0 Å². The molecular weight excluding hydrogens is 274 g/mol. The van der Waals surface area contributed by atoms with Crippen LogP contribution in [0.2, 0.25) is 0 Å². The van der Waals surface area contributed by atoms with Crippen molar-refractivity contribution in [2.75, 3.05) is 6.54 Å². The molecule has 0 aromatic heterocycles. The maximum absolute atomic E-state index is 3.65. The van der Waals surface area contributed by atoms with Crippen molar-refractivity contribution in [1.29, 1.82) is 0 Å². The van der Waals surface area contributed by atoms with Crippen LogP contribution in [-0.2, 0) is 6.54 Å². The van der Waals surface area contributed by atoms with Gasteiger partial charge < -0.3 is 0 Å². The summed E-state index contributed by atoms with van der Waals surface area (Å²) in [5, 5.41) is 0. The van der Waals surface area contributed by atoms with E-state index in [0.29, 0.717) is 0 Å². The highest BCUT2D eigenvalue weighted by Crippen LogP contribution is 2.30. The van der Waals surface area contributed by atoms with Crippen molar-refractivity contribution >= 4 is 15.9 Å². The predicted octanol–water partition coefficient (Wildman–Crippen LogP) is 4.46. The maximum atomic E-state index is 3.65. The molecule has 1 fully saturated rings. The third-order valence-electron chi connectivity index (χ3n) is 3.39. The predicted molar refractivity (Wildman–Crippen MR) is 77.0 cm³/mol. The molecular formula is C15H22BrN. The highest BCUT2D eigenvalue weighted by atomic mass is 79.9. The number of nitrogens with zero attached hydrogens (tertiary/aromatic N) is 1. The van der Waals surface area contributed by atoms with Crippen molar-refractivity contribution in [3.63, 3.8) is 0 Å². The normalized spacial score (nSPS) is 15.8. The van der Waals surface area contributed by atoms with Crippen molar-refractivity contribution in [3.05, 3.63) is 34.3 Å². The van der Waals surface area contributed by atoms with E-state index < -0.39 is 0 Å². The number of benzene rings is 1. The molecule has 1 saturated carbocycles. The lowest BCUT2D eigenvalue weighted by atomic mass is 10.1. The molecule has 2 heteroatoms. The molecule has 0 atom stereocenters. The topological polar surface area (TPSA) is 3.24 Å². The van der Waals surface area contributed by atoms with Gasteiger partial charge in [-0.3, -0.25) is 4.90 Å². The molecule has 0 N–H and O–H groups in total. The Morgan fingerprint density at radius 2 is 2.00 bits per heavy atom. The van der Waals surface area contributed by atoms with Gasteiger partial charge in [0, 0.05) is 17.1 Å². The average molecular weight is 296 g/mol. The molecule has 0 bridgehead atoms. The monoisotopic (exact) mass is 295 g/mol. The molecule has 1 aromatic rings. The summed E-state index contributed by atoms with van der Waals surface area (Å²) in [6, 6.07) is 9.44. The molecule has 0 spiro atoms. The van der Waals surface area contributed by atoms with E-state index in [9.17, 15) is 0 Å². The number of rotatable bonds is 6. The van der Waals surface area contributed by atoms with E-state index in [2.05, 4.69) is 58.9 Å². The fourth-order valence-electron chi connectivity index (χ4n) is 2.10. The summed E-state index contributed by atoms with van der Waals surface area (Å²) < 4.78 is 1.25. The molecule has 0 amide bonds. The van der Waals surface area contributed by atoms with Crippen LogP contribution in [-0.4, -0.2) is 17.5 Å². The number of hydrogen-bond donors (Lipinski definition) is 0. The zero-order valence-electron chi connectivity index (χ0n) is 10.8. The van der Waals surface area contributed by atoms with E-state index in [-0.39, 0.29) is 0 Å². The Hall–Kier alpha value is -0.340. The van der Waals surface area contributed by atoms with Gasteiger partial charge in [0.2, 0.25) is 0 Å². The molecule has 17 heavy (non-hydrogen) atoms. The lowest BCUT2D eigenvalue weighted by Gasteiger charge is -2.23. The SMILES string of the molecule is CC(C)CCN(Cc1ccccc1Br)C1CC1. The van der Waals surface area contributed by atoms with Crippen LogP contribution >= 0.6 is 15.9 Å². The van der Waals surface area contributed by atoms with E-state index in [4.69, 9.17) is 0 Å². The van der Waals surface area contributed by atoms with Gasteiger partial charge in [0.05, 0.1) is 0 Å².